The lowest BCUT2D eigenvalue weighted by molar-refractivity contribution is 0.0952. The fourth-order valence-corrected chi connectivity index (χ4v) is 4.23. The highest BCUT2D eigenvalue weighted by Gasteiger charge is 2.17. The highest BCUT2D eigenvalue weighted by molar-refractivity contribution is 9.13. The van der Waals surface area contributed by atoms with E-state index in [4.69, 9.17) is 37.4 Å². The second-order valence-electron chi connectivity index (χ2n) is 7.07. The lowest BCUT2D eigenvalue weighted by Gasteiger charge is -2.15. The summed E-state index contributed by atoms with van der Waals surface area (Å²) in [6.45, 7) is 2.17. The van der Waals surface area contributed by atoms with Gasteiger partial charge < -0.3 is 14.2 Å². The predicted octanol–water partition coefficient (Wildman–Crippen LogP) is 7.19. The third kappa shape index (κ3) is 6.24. The molecule has 0 bridgehead atoms. The minimum atomic E-state index is -0.392. The minimum absolute atomic E-state index is 0.250. The molecule has 1 amide bonds. The third-order valence-electron chi connectivity index (χ3n) is 4.71. The molecule has 0 radical (unpaired) electrons. The number of amides is 1. The summed E-state index contributed by atoms with van der Waals surface area (Å²) in [5.41, 5.74) is 5.39. The molecule has 3 aromatic carbocycles. The van der Waals surface area contributed by atoms with E-state index in [2.05, 4.69) is 42.4 Å². The van der Waals surface area contributed by atoms with Crippen molar-refractivity contribution in [3.63, 3.8) is 0 Å². The highest BCUT2D eigenvalue weighted by Crippen LogP contribution is 2.42. The van der Waals surface area contributed by atoms with Crippen LogP contribution in [0.3, 0.4) is 0 Å². The second-order valence-corrected chi connectivity index (χ2v) is 9.47. The molecule has 0 saturated carbocycles. The molecule has 0 spiro atoms. The number of hydrazone groups is 1. The van der Waals surface area contributed by atoms with Crippen LogP contribution in [-0.4, -0.2) is 26.3 Å². The van der Waals surface area contributed by atoms with Crippen LogP contribution in [0.5, 0.6) is 17.2 Å². The number of nitrogens with one attached hydrogen (secondary N) is 1. The van der Waals surface area contributed by atoms with E-state index in [0.29, 0.717) is 47.4 Å². The molecule has 0 aliphatic carbocycles. The molecule has 3 aromatic rings. The number of benzene rings is 3. The van der Waals surface area contributed by atoms with Crippen molar-refractivity contribution in [2.75, 3.05) is 14.2 Å². The monoisotopic (exact) mass is 628 g/mol. The van der Waals surface area contributed by atoms with Crippen LogP contribution in [0.1, 0.15) is 27.0 Å². The Hall–Kier alpha value is -2.26. The van der Waals surface area contributed by atoms with Crippen LogP contribution in [0.25, 0.3) is 0 Å². The molecule has 10 heteroatoms. The Labute approximate surface area is 224 Å². The minimum Gasteiger partial charge on any atom is -0.496 e. The molecular formula is C24H20Br2Cl2N2O4. The molecule has 0 atom stereocenters. The standard InChI is InChI=1S/C24H20Br2Cl2N2O4/c1-13-4-6-16(19(8-13)32-2)24(31)30-29-11-15-10-20(33-3)23(22(26)21(15)25)34-12-14-5-7-17(27)18(28)9-14/h4-11H,12H2,1-3H3,(H,30,31)/b29-11-. The van der Waals surface area contributed by atoms with Gasteiger partial charge in [0.15, 0.2) is 11.5 Å². The zero-order valence-corrected chi connectivity index (χ0v) is 23.1. The molecular weight excluding hydrogens is 611 g/mol. The van der Waals surface area contributed by atoms with Gasteiger partial charge in [0.05, 0.1) is 40.5 Å². The van der Waals surface area contributed by atoms with Crippen LogP contribution in [0.4, 0.5) is 0 Å². The van der Waals surface area contributed by atoms with Crippen LogP contribution in [0, 0.1) is 6.92 Å². The Morgan fingerprint density at radius 1 is 1.00 bits per heavy atom. The van der Waals surface area contributed by atoms with Crippen LogP contribution >= 0.6 is 55.1 Å². The first-order valence-electron chi connectivity index (χ1n) is 9.86. The maximum atomic E-state index is 12.5. The molecule has 0 unspecified atom stereocenters. The van der Waals surface area contributed by atoms with Gasteiger partial charge in [-0.3, -0.25) is 4.79 Å². The number of carbonyl (C=O) groups excluding carboxylic acids is 1. The number of aryl methyl sites for hydroxylation is 1. The average Bonchev–Trinajstić information content (AvgIpc) is 2.82. The van der Waals surface area contributed by atoms with E-state index in [1.807, 2.05) is 19.1 Å². The van der Waals surface area contributed by atoms with E-state index in [-0.39, 0.29) is 6.61 Å². The fourth-order valence-electron chi connectivity index (χ4n) is 2.98. The van der Waals surface area contributed by atoms with Crippen molar-refractivity contribution in [3.05, 3.63) is 83.7 Å². The molecule has 0 aromatic heterocycles. The van der Waals surface area contributed by atoms with E-state index in [1.54, 1.807) is 30.3 Å². The first-order valence-corrected chi connectivity index (χ1v) is 12.2. The summed E-state index contributed by atoms with van der Waals surface area (Å²) < 4.78 is 18.1. The number of methoxy groups -OCH3 is 2. The van der Waals surface area contributed by atoms with Gasteiger partial charge in [-0.05, 0) is 80.2 Å². The lowest BCUT2D eigenvalue weighted by Crippen LogP contribution is -2.18. The number of ether oxygens (including phenoxy) is 3. The van der Waals surface area contributed by atoms with Crippen LogP contribution in [0.2, 0.25) is 10.0 Å². The SMILES string of the molecule is COc1cc(C)ccc1C(=O)N/N=C\c1cc(OC)c(OCc2ccc(Cl)c(Cl)c2)c(Br)c1Br. The van der Waals surface area contributed by atoms with Crippen LogP contribution in [0.15, 0.2) is 56.5 Å². The van der Waals surface area contributed by atoms with Gasteiger partial charge >= 0.3 is 0 Å². The summed E-state index contributed by atoms with van der Waals surface area (Å²) in [5, 5.41) is 5.01. The topological polar surface area (TPSA) is 69.2 Å². The van der Waals surface area contributed by atoms with E-state index in [0.717, 1.165) is 11.1 Å². The number of nitrogens with zero attached hydrogens (tertiary/aromatic N) is 1. The van der Waals surface area contributed by atoms with Crippen molar-refractivity contribution < 1.29 is 19.0 Å². The van der Waals surface area contributed by atoms with Gasteiger partial charge in [-0.1, -0.05) is 35.3 Å². The quantitative estimate of drug-likeness (QED) is 0.211. The van der Waals surface area contributed by atoms with Crippen molar-refractivity contribution in [1.82, 2.24) is 5.43 Å². The molecule has 0 saturated heterocycles. The van der Waals surface area contributed by atoms with Crippen molar-refractivity contribution in [3.8, 4) is 17.2 Å². The van der Waals surface area contributed by atoms with Crippen LogP contribution < -0.4 is 19.6 Å². The molecule has 0 heterocycles. The molecule has 0 aliphatic rings. The largest absolute Gasteiger partial charge is 0.496 e. The maximum Gasteiger partial charge on any atom is 0.275 e. The fraction of sp³-hybridized carbons (Fsp3) is 0.167. The van der Waals surface area contributed by atoms with Crippen LogP contribution in [-0.2, 0) is 6.61 Å². The first kappa shape index (κ1) is 26.3. The summed E-state index contributed by atoms with van der Waals surface area (Å²) in [4.78, 5) is 12.5. The Morgan fingerprint density at radius 3 is 2.41 bits per heavy atom. The van der Waals surface area contributed by atoms with E-state index < -0.39 is 5.91 Å². The molecule has 0 aliphatic heterocycles. The zero-order chi connectivity index (χ0) is 24.8. The highest BCUT2D eigenvalue weighted by atomic mass is 79.9. The third-order valence-corrected chi connectivity index (χ3v) is 7.60. The predicted molar refractivity (Wildman–Crippen MR) is 142 cm³/mol. The summed E-state index contributed by atoms with van der Waals surface area (Å²) in [6, 6.07) is 12.3. The van der Waals surface area contributed by atoms with Crippen molar-refractivity contribution in [2.45, 2.75) is 13.5 Å². The maximum absolute atomic E-state index is 12.5. The Morgan fingerprint density at radius 2 is 1.74 bits per heavy atom. The summed E-state index contributed by atoms with van der Waals surface area (Å²) >= 11 is 19.1. The molecule has 3 rings (SSSR count). The number of hydrogen-bond acceptors (Lipinski definition) is 5. The first-order chi connectivity index (χ1) is 16.2. The van der Waals surface area contributed by atoms with E-state index in [1.165, 1.54) is 20.4 Å². The summed E-state index contributed by atoms with van der Waals surface area (Å²) in [7, 11) is 3.05. The Bertz CT molecular complexity index is 1250. The number of hydrogen-bond donors (Lipinski definition) is 1. The van der Waals surface area contributed by atoms with Gasteiger partial charge in [-0.25, -0.2) is 5.43 Å². The van der Waals surface area contributed by atoms with Crippen molar-refractivity contribution >= 4 is 67.2 Å². The Kier molecular flexibility index (Phi) is 9.24. The zero-order valence-electron chi connectivity index (χ0n) is 18.4. The van der Waals surface area contributed by atoms with Gasteiger partial charge in [-0.15, -0.1) is 0 Å². The lowest BCUT2D eigenvalue weighted by atomic mass is 10.1. The van der Waals surface area contributed by atoms with E-state index in [9.17, 15) is 4.79 Å². The number of halogens is 4. The normalized spacial score (nSPS) is 10.9. The van der Waals surface area contributed by atoms with Gasteiger partial charge in [0.25, 0.3) is 5.91 Å². The number of rotatable bonds is 8. The smallest absolute Gasteiger partial charge is 0.275 e. The molecule has 6 nitrogen and oxygen atoms in total. The van der Waals surface area contributed by atoms with Gasteiger partial charge in [0.1, 0.15) is 12.4 Å². The summed E-state index contributed by atoms with van der Waals surface area (Å²) in [6.07, 6.45) is 1.50. The molecule has 34 heavy (non-hydrogen) atoms. The van der Waals surface area contributed by atoms with Gasteiger partial charge in [0.2, 0.25) is 0 Å². The van der Waals surface area contributed by atoms with E-state index >= 15 is 0 Å². The van der Waals surface area contributed by atoms with Gasteiger partial charge in [-0.2, -0.15) is 5.10 Å². The molecule has 0 fully saturated rings. The summed E-state index contributed by atoms with van der Waals surface area (Å²) in [5.74, 6) is 1.05. The van der Waals surface area contributed by atoms with Gasteiger partial charge in [0, 0.05) is 10.0 Å². The molecule has 1 N–H and O–H groups in total. The average molecular weight is 631 g/mol. The molecule has 178 valence electrons. The van der Waals surface area contributed by atoms with Crippen molar-refractivity contribution in [2.24, 2.45) is 5.10 Å². The Balaban J connectivity index is 1.78. The van der Waals surface area contributed by atoms with Crippen molar-refractivity contribution in [1.29, 1.82) is 0 Å². The number of carbonyl (C=O) groups is 1. The second kappa shape index (κ2) is 11.9.